The summed E-state index contributed by atoms with van der Waals surface area (Å²) in [6.07, 6.45) is 2.45. The summed E-state index contributed by atoms with van der Waals surface area (Å²) in [5, 5.41) is 12.1. The van der Waals surface area contributed by atoms with Gasteiger partial charge in [0.2, 0.25) is 0 Å². The van der Waals surface area contributed by atoms with Crippen molar-refractivity contribution in [3.8, 4) is 11.1 Å². The lowest BCUT2D eigenvalue weighted by Crippen LogP contribution is -2.38. The van der Waals surface area contributed by atoms with Crippen LogP contribution in [0.25, 0.3) is 11.1 Å². The van der Waals surface area contributed by atoms with Gasteiger partial charge in [-0.2, -0.15) is 0 Å². The van der Waals surface area contributed by atoms with Gasteiger partial charge in [0.25, 0.3) is 0 Å². The minimum Gasteiger partial charge on any atom is -0.449 e. The van der Waals surface area contributed by atoms with E-state index in [9.17, 15) is 4.79 Å². The fourth-order valence-electron chi connectivity index (χ4n) is 3.85. The van der Waals surface area contributed by atoms with Crippen LogP contribution in [0.5, 0.6) is 0 Å². The quantitative estimate of drug-likeness (QED) is 0.845. The molecular formula is C21H23NO3. The monoisotopic (exact) mass is 337 g/mol. The van der Waals surface area contributed by atoms with E-state index in [1.165, 1.54) is 22.3 Å². The topological polar surface area (TPSA) is 58.6 Å². The summed E-state index contributed by atoms with van der Waals surface area (Å²) in [6.45, 7) is 0.418. The Balaban J connectivity index is 1.45. The molecule has 0 radical (unpaired) electrons. The molecule has 25 heavy (non-hydrogen) atoms. The molecule has 4 nitrogen and oxygen atoms in total. The van der Waals surface area contributed by atoms with Crippen LogP contribution in [-0.2, 0) is 4.74 Å². The van der Waals surface area contributed by atoms with E-state index in [1.807, 2.05) is 24.3 Å². The van der Waals surface area contributed by atoms with Crippen LogP contribution in [0.1, 0.15) is 36.3 Å². The summed E-state index contributed by atoms with van der Waals surface area (Å²) in [6, 6.07) is 16.6. The molecule has 2 N–H and O–H groups in total. The first-order chi connectivity index (χ1) is 12.3. The zero-order valence-electron chi connectivity index (χ0n) is 14.2. The van der Waals surface area contributed by atoms with Crippen molar-refractivity contribution in [3.05, 3.63) is 59.7 Å². The lowest BCUT2D eigenvalue weighted by molar-refractivity contribution is 0.135. The Hall–Kier alpha value is -2.33. The zero-order chi connectivity index (χ0) is 17.2. The van der Waals surface area contributed by atoms with Crippen molar-refractivity contribution in [2.75, 3.05) is 13.2 Å². The maximum atomic E-state index is 12.2. The summed E-state index contributed by atoms with van der Waals surface area (Å²) < 4.78 is 5.56. The number of aliphatic hydroxyl groups is 1. The first-order valence-corrected chi connectivity index (χ1v) is 9.00. The van der Waals surface area contributed by atoms with Gasteiger partial charge in [-0.1, -0.05) is 48.5 Å². The van der Waals surface area contributed by atoms with Gasteiger partial charge >= 0.3 is 6.09 Å². The van der Waals surface area contributed by atoms with Gasteiger partial charge in [0.15, 0.2) is 0 Å². The molecule has 1 amide bonds. The number of ether oxygens (including phenoxy) is 1. The van der Waals surface area contributed by atoms with Gasteiger partial charge in [0.1, 0.15) is 6.61 Å². The fourth-order valence-corrected chi connectivity index (χ4v) is 3.85. The zero-order valence-corrected chi connectivity index (χ0v) is 14.2. The molecule has 1 fully saturated rings. The smallest absolute Gasteiger partial charge is 0.407 e. The molecule has 2 aliphatic rings. The van der Waals surface area contributed by atoms with Crippen molar-refractivity contribution in [2.24, 2.45) is 5.92 Å². The molecule has 4 rings (SSSR count). The van der Waals surface area contributed by atoms with Crippen LogP contribution < -0.4 is 5.32 Å². The molecule has 2 aromatic carbocycles. The Morgan fingerprint density at radius 3 is 2.24 bits per heavy atom. The normalized spacial score (nSPS) is 16.8. The second kappa shape index (κ2) is 6.89. The molecule has 1 saturated carbocycles. The van der Waals surface area contributed by atoms with Crippen LogP contribution in [0.3, 0.4) is 0 Å². The van der Waals surface area contributed by atoms with Gasteiger partial charge in [0.05, 0.1) is 0 Å². The van der Waals surface area contributed by atoms with Gasteiger partial charge in [-0.3, -0.25) is 0 Å². The highest BCUT2D eigenvalue weighted by Gasteiger charge is 2.33. The summed E-state index contributed by atoms with van der Waals surface area (Å²) in [5.41, 5.74) is 4.88. The van der Waals surface area contributed by atoms with E-state index in [2.05, 4.69) is 29.6 Å². The molecule has 0 aliphatic heterocycles. The highest BCUT2D eigenvalue weighted by atomic mass is 16.5. The summed E-state index contributed by atoms with van der Waals surface area (Å²) in [7, 11) is 0. The number of rotatable bonds is 6. The number of hydrogen-bond donors (Lipinski definition) is 2. The number of hydrogen-bond acceptors (Lipinski definition) is 3. The predicted molar refractivity (Wildman–Crippen MR) is 96.4 cm³/mol. The third-order valence-electron chi connectivity index (χ3n) is 5.28. The van der Waals surface area contributed by atoms with Gasteiger partial charge < -0.3 is 15.2 Å². The van der Waals surface area contributed by atoms with E-state index in [1.54, 1.807) is 0 Å². The van der Waals surface area contributed by atoms with Crippen molar-refractivity contribution in [2.45, 2.75) is 31.2 Å². The van der Waals surface area contributed by atoms with Crippen LogP contribution in [-0.4, -0.2) is 30.5 Å². The number of nitrogens with one attached hydrogen (secondary N) is 1. The van der Waals surface area contributed by atoms with E-state index in [4.69, 9.17) is 9.84 Å². The average molecular weight is 337 g/mol. The van der Waals surface area contributed by atoms with Gasteiger partial charge in [-0.15, -0.1) is 0 Å². The summed E-state index contributed by atoms with van der Waals surface area (Å²) in [4.78, 5) is 12.2. The van der Waals surface area contributed by atoms with E-state index < -0.39 is 0 Å². The van der Waals surface area contributed by atoms with Crippen molar-refractivity contribution in [1.29, 1.82) is 0 Å². The molecule has 0 bridgehead atoms. The molecule has 0 saturated heterocycles. The lowest BCUT2D eigenvalue weighted by atomic mass is 9.98. The van der Waals surface area contributed by atoms with E-state index in [0.717, 1.165) is 12.8 Å². The highest BCUT2D eigenvalue weighted by molar-refractivity contribution is 5.79. The van der Waals surface area contributed by atoms with Crippen molar-refractivity contribution in [3.63, 3.8) is 0 Å². The average Bonchev–Trinajstić information content (AvgIpc) is 3.43. The molecule has 0 aromatic heterocycles. The number of aliphatic hydroxyl groups excluding tert-OH is 1. The molecule has 2 aromatic rings. The van der Waals surface area contributed by atoms with Gasteiger partial charge in [-0.05, 0) is 47.4 Å². The first-order valence-electron chi connectivity index (χ1n) is 9.00. The van der Waals surface area contributed by atoms with Crippen molar-refractivity contribution in [1.82, 2.24) is 5.32 Å². The first kappa shape index (κ1) is 16.2. The fraction of sp³-hybridized carbons (Fsp3) is 0.381. The second-order valence-corrected chi connectivity index (χ2v) is 6.93. The maximum absolute atomic E-state index is 12.2. The molecule has 2 aliphatic carbocycles. The van der Waals surface area contributed by atoms with Crippen LogP contribution in [0, 0.1) is 5.92 Å². The largest absolute Gasteiger partial charge is 0.449 e. The van der Waals surface area contributed by atoms with Crippen molar-refractivity contribution >= 4 is 6.09 Å². The Kier molecular flexibility index (Phi) is 4.45. The molecule has 1 atom stereocenters. The van der Waals surface area contributed by atoms with Crippen LogP contribution in [0.2, 0.25) is 0 Å². The van der Waals surface area contributed by atoms with Crippen molar-refractivity contribution < 1.29 is 14.6 Å². The van der Waals surface area contributed by atoms with Gasteiger partial charge in [-0.25, -0.2) is 4.79 Å². The van der Waals surface area contributed by atoms with E-state index in [0.29, 0.717) is 18.9 Å². The number of fused-ring (bicyclic) bond motifs is 3. The lowest BCUT2D eigenvalue weighted by Gasteiger charge is -2.19. The Bertz CT molecular complexity index is 724. The number of amides is 1. The third kappa shape index (κ3) is 3.27. The SMILES string of the molecule is O=C(N[C@@H](CCO)C1CC1)OCC1c2ccccc2-c2ccccc21. The molecule has 130 valence electrons. The van der Waals surface area contributed by atoms with E-state index in [-0.39, 0.29) is 24.7 Å². The van der Waals surface area contributed by atoms with E-state index >= 15 is 0 Å². The molecular weight excluding hydrogens is 314 g/mol. The Morgan fingerprint density at radius 1 is 1.08 bits per heavy atom. The van der Waals surface area contributed by atoms with Crippen LogP contribution >= 0.6 is 0 Å². The molecule has 4 heteroatoms. The minimum absolute atomic E-state index is 0.0284. The number of benzene rings is 2. The predicted octanol–water partition coefficient (Wildman–Crippen LogP) is 3.69. The Labute approximate surface area is 147 Å². The second-order valence-electron chi connectivity index (χ2n) is 6.93. The van der Waals surface area contributed by atoms with Gasteiger partial charge in [0, 0.05) is 18.6 Å². The number of carbonyl (C=O) groups is 1. The third-order valence-corrected chi connectivity index (χ3v) is 5.28. The Morgan fingerprint density at radius 2 is 1.68 bits per heavy atom. The number of alkyl carbamates (subject to hydrolysis) is 1. The number of carbonyl (C=O) groups excluding carboxylic acids is 1. The standard InChI is InChI=1S/C21H23NO3/c23-12-11-20(14-9-10-14)22-21(24)25-13-19-17-7-3-1-5-15(17)16-6-2-4-8-18(16)19/h1-8,14,19-20,23H,9-13H2,(H,22,24)/t20-/m0/s1. The maximum Gasteiger partial charge on any atom is 0.407 e. The summed E-state index contributed by atoms with van der Waals surface area (Å²) >= 11 is 0. The minimum atomic E-state index is -0.382. The molecule has 0 heterocycles. The highest BCUT2D eigenvalue weighted by Crippen LogP contribution is 2.44. The van der Waals surface area contributed by atoms with Crippen LogP contribution in [0.15, 0.2) is 48.5 Å². The summed E-state index contributed by atoms with van der Waals surface area (Å²) in [5.74, 6) is 0.572. The molecule has 0 unspecified atom stereocenters. The molecule has 0 spiro atoms. The van der Waals surface area contributed by atoms with Crippen LogP contribution in [0.4, 0.5) is 4.79 Å².